The minimum atomic E-state index is -0.856. The number of aromatic nitrogens is 9. The number of thiazole rings is 1. The van der Waals surface area contributed by atoms with E-state index >= 15 is 0 Å². The molecule has 18 rings (SSSR count). The number of hydrogen-bond donors (Lipinski definition) is 0. The molecule has 0 N–H and O–H groups in total. The van der Waals surface area contributed by atoms with E-state index in [1.54, 1.807) is 13.3 Å². The number of aryl methyl sites for hydroxylation is 1. The maximum absolute atomic E-state index is 13.0. The Morgan fingerprint density at radius 2 is 0.991 bits per heavy atom. The van der Waals surface area contributed by atoms with Gasteiger partial charge < -0.3 is 41.8 Å². The van der Waals surface area contributed by atoms with Crippen molar-refractivity contribution in [1.82, 2.24) is 42.2 Å². The number of aliphatic imine (C=N–C) groups is 1. The van der Waals surface area contributed by atoms with E-state index in [9.17, 15) is 4.79 Å². The number of halogens is 6. The summed E-state index contributed by atoms with van der Waals surface area (Å²) in [6.07, 6.45) is 9.48. The number of nitrogens with zero attached hydrogens (tertiary/aromatic N) is 10. The van der Waals surface area contributed by atoms with Crippen molar-refractivity contribution in [2.24, 2.45) is 4.99 Å². The van der Waals surface area contributed by atoms with E-state index in [0.717, 1.165) is 137 Å². The Morgan fingerprint density at radius 3 is 1.55 bits per heavy atom. The quantitative estimate of drug-likeness (QED) is 0.0792. The summed E-state index contributed by atoms with van der Waals surface area (Å²) in [4.78, 5) is 39.4. The molecule has 17 nitrogen and oxygen atoms in total. The summed E-state index contributed by atoms with van der Waals surface area (Å²) >= 11 is 24.7. The summed E-state index contributed by atoms with van der Waals surface area (Å²) < 4.78 is 49.6. The Bertz CT molecular complexity index is 5990. The second-order valence-electron chi connectivity index (χ2n) is 31.5. The molecule has 3 aliphatic rings. The van der Waals surface area contributed by atoms with Crippen LogP contribution in [0.3, 0.4) is 0 Å². The Hall–Kier alpha value is -8.27. The van der Waals surface area contributed by atoms with E-state index in [1.165, 1.54) is 33.6 Å². The number of hydrogen-bond acceptors (Lipinski definition) is 14. The molecule has 8 heterocycles. The number of fused-ring (bicyclic) bond motifs is 6. The molecular formula is C91H90B2Br5ClN10O7S. The van der Waals surface area contributed by atoms with Crippen LogP contribution in [0, 0.1) is 6.92 Å². The first kappa shape index (κ1) is 86.6. The smallest absolute Gasteiger partial charge is 0.464 e. The monoisotopic (exact) mass is 1920 g/mol. The van der Waals surface area contributed by atoms with Crippen molar-refractivity contribution >= 4 is 200 Å². The fraction of sp³-hybridized carbons (Fsp3) is 0.264. The molecule has 117 heavy (non-hydrogen) atoms. The molecule has 0 aliphatic carbocycles. The van der Waals surface area contributed by atoms with Gasteiger partial charge in [0.2, 0.25) is 0 Å². The second-order valence-corrected chi connectivity index (χ2v) is 37.7. The summed E-state index contributed by atoms with van der Waals surface area (Å²) in [5.74, 6) is -0.399. The molecule has 2 fully saturated rings. The normalized spacial score (nSPS) is 15.0. The minimum Gasteiger partial charge on any atom is -0.464 e. The molecule has 26 heteroatoms. The van der Waals surface area contributed by atoms with Crippen LogP contribution in [-0.4, -0.2) is 103 Å². The van der Waals surface area contributed by atoms with Gasteiger partial charge in [0.15, 0.2) is 10.0 Å². The average Bonchev–Trinajstić information content (AvgIpc) is 1.73. The van der Waals surface area contributed by atoms with Crippen molar-refractivity contribution in [3.05, 3.63) is 293 Å². The Kier molecular flexibility index (Phi) is 27.5. The van der Waals surface area contributed by atoms with Crippen LogP contribution in [0.25, 0.3) is 65.5 Å². The Morgan fingerprint density at radius 1 is 0.530 bits per heavy atom. The molecule has 600 valence electrons. The van der Waals surface area contributed by atoms with Gasteiger partial charge in [0.1, 0.15) is 6.33 Å². The highest BCUT2D eigenvalue weighted by Gasteiger charge is 2.53. The topological polar surface area (TPSA) is 169 Å². The molecule has 0 amide bonds. The summed E-state index contributed by atoms with van der Waals surface area (Å²) in [5.41, 5.74) is 19.2. The van der Waals surface area contributed by atoms with Crippen LogP contribution in [0.4, 0.5) is 5.69 Å². The van der Waals surface area contributed by atoms with E-state index in [2.05, 4.69) is 288 Å². The lowest BCUT2D eigenvalue weighted by atomic mass is 9.79. The third-order valence-electron chi connectivity index (χ3n) is 20.8. The molecule has 1 atom stereocenters. The standard InChI is InChI=1S/C22H23BrClNO3S.2C20H23BN2O2.C14H11BrN2.C8H6BrN.C7H4Br2N2/c1-6-27-20(26)18(28-22(3,4)5)16-12(2)11-15-19(29-21(23)25-15)17(16)13-7-9-14(24)10-8-13;1-19(2)20(3,4)25-21(24-19)16-10-11-18-17(12-16)22-14-23(18)13-15-8-6-5-7-9-15;1-19(2)20(3,4)25-21(24-19)16-10-11-17-18(12-16)23(14-22-17)13-15-8-6-5-7-9-15;15-12-6-7-14-13(8-12)16-10-17(14)9-11-4-2-1-3-5-11;9-7-1-2-8-6(5-7)3-4-10-8;8-5-1-2-6-7(3-5)11(9)4-10-6/h7-11,18H,6H2,1-5H3;2*5-12,14H,13H2,1-4H3;1-8,10H,9H2;1-2,4-5H,3H2;1-4H/t18-;;;;;/m0...../s1. The summed E-state index contributed by atoms with van der Waals surface area (Å²) in [5, 5.41) is 0.651. The minimum absolute atomic E-state index is 0.284. The fourth-order valence-corrected chi connectivity index (χ4v) is 16.6. The lowest BCUT2D eigenvalue weighted by Crippen LogP contribution is -2.41. The number of ether oxygens (including phenoxy) is 2. The van der Waals surface area contributed by atoms with Gasteiger partial charge in [-0.15, -0.1) is 11.3 Å². The molecule has 0 saturated carbocycles. The molecule has 0 bridgehead atoms. The molecule has 2 saturated heterocycles. The SMILES string of the molecule is Brc1ccc2c(c1)CC=N2.Brc1ccc2c(c1)ncn2Cc1ccccc1.Brc1ccc2ncn(Br)c2c1.CC1(C)OB(c2ccc3c(c2)ncn3Cc2ccccc2)OC1(C)C.CC1(C)OB(c2ccc3ncn(Cc4ccccc4)c3c2)OC1(C)C.CCOC(=O)[C@@H](OC(C)(C)C)c1c(C)cc2nc(Br)sc2c1-c1ccc(Cl)cc1. The van der Waals surface area contributed by atoms with Crippen LogP contribution in [-0.2, 0) is 58.9 Å². The van der Waals surface area contributed by atoms with Crippen molar-refractivity contribution in [2.45, 2.75) is 150 Å². The number of esters is 1. The first-order valence-corrected chi connectivity index (χ1v) is 43.5. The predicted octanol–water partition coefficient (Wildman–Crippen LogP) is 23.4. The van der Waals surface area contributed by atoms with Crippen LogP contribution in [0.2, 0.25) is 5.02 Å². The van der Waals surface area contributed by atoms with Crippen LogP contribution in [0.1, 0.15) is 123 Å². The van der Waals surface area contributed by atoms with Gasteiger partial charge in [0.05, 0.1) is 130 Å². The highest BCUT2D eigenvalue weighted by molar-refractivity contribution is 9.11. The van der Waals surface area contributed by atoms with Gasteiger partial charge in [-0.1, -0.05) is 175 Å². The van der Waals surface area contributed by atoms with Crippen LogP contribution >= 0.6 is 103 Å². The second kappa shape index (κ2) is 37.2. The molecule has 0 radical (unpaired) electrons. The lowest BCUT2D eigenvalue weighted by molar-refractivity contribution is -0.166. The summed E-state index contributed by atoms with van der Waals surface area (Å²) in [7, 11) is -0.705. The van der Waals surface area contributed by atoms with Gasteiger partial charge in [0, 0.05) is 61.8 Å². The van der Waals surface area contributed by atoms with Gasteiger partial charge in [-0.25, -0.2) is 29.7 Å². The predicted molar refractivity (Wildman–Crippen MR) is 495 cm³/mol. The van der Waals surface area contributed by atoms with E-state index in [4.69, 9.17) is 39.7 Å². The van der Waals surface area contributed by atoms with Crippen molar-refractivity contribution in [2.75, 3.05) is 6.61 Å². The summed E-state index contributed by atoms with van der Waals surface area (Å²) in [6, 6.07) is 71.6. The maximum Gasteiger partial charge on any atom is 0.494 e. The first-order chi connectivity index (χ1) is 55.8. The van der Waals surface area contributed by atoms with E-state index < -0.39 is 17.7 Å². The first-order valence-electron chi connectivity index (χ1n) is 38.4. The molecule has 3 aliphatic heterocycles. The van der Waals surface area contributed by atoms with Crippen molar-refractivity contribution < 1.29 is 32.9 Å². The van der Waals surface area contributed by atoms with Gasteiger partial charge in [-0.3, -0.25) is 8.59 Å². The highest BCUT2D eigenvalue weighted by atomic mass is 79.9. The third-order valence-corrected chi connectivity index (χ3v) is 24.7. The molecule has 15 aromatic rings. The van der Waals surface area contributed by atoms with E-state index in [0.29, 0.717) is 5.02 Å². The van der Waals surface area contributed by atoms with Crippen LogP contribution < -0.4 is 10.9 Å². The molecular weight excluding hydrogens is 1830 g/mol. The molecule has 0 spiro atoms. The maximum atomic E-state index is 13.0. The van der Waals surface area contributed by atoms with E-state index in [1.807, 2.05) is 160 Å². The van der Waals surface area contributed by atoms with Crippen LogP contribution in [0.5, 0.6) is 0 Å². The number of carbonyl (C=O) groups is 1. The average molecular weight is 1920 g/mol. The van der Waals surface area contributed by atoms with E-state index in [-0.39, 0.29) is 43.2 Å². The van der Waals surface area contributed by atoms with Crippen LogP contribution in [0.15, 0.2) is 260 Å². The number of imidazole rings is 4. The third kappa shape index (κ3) is 21.1. The summed E-state index contributed by atoms with van der Waals surface area (Å²) in [6.45, 7) is 28.9. The van der Waals surface area contributed by atoms with Gasteiger partial charge >= 0.3 is 20.2 Å². The molecule has 5 aromatic heterocycles. The fourth-order valence-electron chi connectivity index (χ4n) is 13.4. The molecule has 10 aromatic carbocycles. The zero-order valence-corrected chi connectivity index (χ0v) is 76.9. The van der Waals surface area contributed by atoms with Gasteiger partial charge in [-0.2, -0.15) is 0 Å². The Labute approximate surface area is 735 Å². The van der Waals surface area contributed by atoms with Gasteiger partial charge in [-0.05, 0) is 247 Å². The zero-order valence-electron chi connectivity index (χ0n) is 67.4. The van der Waals surface area contributed by atoms with Crippen molar-refractivity contribution in [3.8, 4) is 11.1 Å². The Balaban J connectivity index is 0.000000126. The number of rotatable bonds is 13. The number of benzene rings is 10. The van der Waals surface area contributed by atoms with Crippen molar-refractivity contribution in [1.29, 1.82) is 0 Å². The lowest BCUT2D eigenvalue weighted by Gasteiger charge is -2.32. The van der Waals surface area contributed by atoms with Gasteiger partial charge in [0.25, 0.3) is 0 Å². The number of carbonyl (C=O) groups excluding carboxylic acids is 1. The van der Waals surface area contributed by atoms with Crippen molar-refractivity contribution in [3.63, 3.8) is 0 Å². The highest BCUT2D eigenvalue weighted by Crippen LogP contribution is 2.45. The largest absolute Gasteiger partial charge is 0.494 e. The zero-order chi connectivity index (χ0) is 83.1. The molecule has 0 unspecified atom stereocenters.